The number of fused-ring (bicyclic) bond motifs is 2. The lowest BCUT2D eigenvalue weighted by molar-refractivity contribution is -0.141. The lowest BCUT2D eigenvalue weighted by Gasteiger charge is -2.25. The van der Waals surface area contributed by atoms with Gasteiger partial charge in [0.15, 0.2) is 0 Å². The highest BCUT2D eigenvalue weighted by atomic mass is 32.1. The van der Waals surface area contributed by atoms with E-state index in [1.165, 1.54) is 23.3 Å². The fourth-order valence-electron chi connectivity index (χ4n) is 3.44. The third kappa shape index (κ3) is 3.63. The minimum absolute atomic E-state index is 0.0613. The van der Waals surface area contributed by atoms with Crippen molar-refractivity contribution in [2.75, 3.05) is 13.7 Å². The molecule has 3 rings (SSSR count). The number of hydrogen-bond donors (Lipinski definition) is 0. The average molecular weight is 391 g/mol. The second-order valence-corrected chi connectivity index (χ2v) is 8.13. The quantitative estimate of drug-likeness (QED) is 0.748. The van der Waals surface area contributed by atoms with Gasteiger partial charge >= 0.3 is 5.97 Å². The molecule has 0 fully saturated rings. The van der Waals surface area contributed by atoms with Crippen molar-refractivity contribution in [3.05, 3.63) is 26.6 Å². The van der Waals surface area contributed by atoms with Crippen molar-refractivity contribution in [1.82, 2.24) is 14.5 Å². The molecule has 0 spiro atoms. The summed E-state index contributed by atoms with van der Waals surface area (Å²) in [5.41, 5.74) is 0.585. The molecule has 0 saturated heterocycles. The molecule has 2 aromatic rings. The molecule has 0 bridgehead atoms. The largest absolute Gasteiger partial charge is 0.468 e. The monoisotopic (exact) mass is 391 g/mol. The predicted molar refractivity (Wildman–Crippen MR) is 104 cm³/mol. The molecule has 2 aromatic heterocycles. The van der Waals surface area contributed by atoms with E-state index in [2.05, 4.69) is 0 Å². The Morgan fingerprint density at radius 3 is 2.70 bits per heavy atom. The molecule has 1 aliphatic heterocycles. The summed E-state index contributed by atoms with van der Waals surface area (Å²) in [5.74, 6) is 0.0664. The number of carbonyl (C=O) groups excluding carboxylic acids is 2. The lowest BCUT2D eigenvalue weighted by atomic mass is 10.1. The number of amides is 1. The fourth-order valence-corrected chi connectivity index (χ4v) is 4.58. The highest BCUT2D eigenvalue weighted by Gasteiger charge is 2.28. The average Bonchev–Trinajstić information content (AvgIpc) is 2.81. The van der Waals surface area contributed by atoms with Crippen LogP contribution in [0.25, 0.3) is 10.2 Å². The number of ether oxygens (including phenoxy) is 1. The molecule has 3 heterocycles. The molecule has 0 atom stereocenters. The van der Waals surface area contributed by atoms with Crippen molar-refractivity contribution in [1.29, 1.82) is 0 Å². The summed E-state index contributed by atoms with van der Waals surface area (Å²) in [4.78, 5) is 45.1. The van der Waals surface area contributed by atoms with Crippen LogP contribution in [0.4, 0.5) is 0 Å². The van der Waals surface area contributed by atoms with E-state index in [1.807, 2.05) is 13.8 Å². The molecule has 1 aliphatic rings. The molecule has 0 N–H and O–H groups in total. The topological polar surface area (TPSA) is 81.5 Å². The van der Waals surface area contributed by atoms with Gasteiger partial charge < -0.3 is 9.64 Å². The number of carbonyl (C=O) groups is 2. The molecule has 0 aliphatic carbocycles. The fraction of sp³-hybridized carbons (Fsp3) is 0.579. The van der Waals surface area contributed by atoms with E-state index in [-0.39, 0.29) is 24.1 Å². The van der Waals surface area contributed by atoms with Crippen molar-refractivity contribution >= 4 is 33.4 Å². The number of methoxy groups -OCH3 is 1. The molecule has 146 valence electrons. The minimum Gasteiger partial charge on any atom is -0.468 e. The molecular formula is C19H25N3O4S. The lowest BCUT2D eigenvalue weighted by Crippen LogP contribution is -2.41. The smallest absolute Gasteiger partial charge is 0.325 e. The highest BCUT2D eigenvalue weighted by molar-refractivity contribution is 7.20. The maximum Gasteiger partial charge on any atom is 0.325 e. The van der Waals surface area contributed by atoms with Gasteiger partial charge in [-0.25, -0.2) is 4.98 Å². The first-order valence-corrected chi connectivity index (χ1v) is 10.1. The van der Waals surface area contributed by atoms with Crippen LogP contribution in [0.15, 0.2) is 4.79 Å². The molecular weight excluding hydrogens is 366 g/mol. The Labute approximate surface area is 161 Å². The van der Waals surface area contributed by atoms with Gasteiger partial charge in [-0.1, -0.05) is 6.42 Å². The van der Waals surface area contributed by atoms with Crippen LogP contribution in [0, 0.1) is 6.92 Å². The maximum atomic E-state index is 13.1. The number of esters is 1. The highest BCUT2D eigenvalue weighted by Crippen LogP contribution is 2.29. The molecule has 7 nitrogen and oxygen atoms in total. The Balaban J connectivity index is 2.08. The van der Waals surface area contributed by atoms with Crippen LogP contribution in [-0.4, -0.2) is 46.0 Å². The zero-order valence-corrected chi connectivity index (χ0v) is 17.0. The van der Waals surface area contributed by atoms with Gasteiger partial charge in [0.1, 0.15) is 17.2 Å². The van der Waals surface area contributed by atoms with E-state index in [0.717, 1.165) is 31.5 Å². The van der Waals surface area contributed by atoms with Crippen LogP contribution in [0.5, 0.6) is 0 Å². The van der Waals surface area contributed by atoms with E-state index in [0.29, 0.717) is 27.2 Å². The predicted octanol–water partition coefficient (Wildman–Crippen LogP) is 2.52. The zero-order chi connectivity index (χ0) is 19.7. The Kier molecular flexibility index (Phi) is 5.64. The number of hydrogen-bond acceptors (Lipinski definition) is 6. The summed E-state index contributed by atoms with van der Waals surface area (Å²) < 4.78 is 6.47. The van der Waals surface area contributed by atoms with E-state index >= 15 is 0 Å². The maximum absolute atomic E-state index is 13.1. The van der Waals surface area contributed by atoms with Gasteiger partial charge in [0.25, 0.3) is 11.5 Å². The summed E-state index contributed by atoms with van der Waals surface area (Å²) in [6.45, 7) is 6.03. The van der Waals surface area contributed by atoms with E-state index < -0.39 is 5.97 Å². The SMILES string of the molecule is COC(=O)CN(C(=O)c1sc2nc3n(c(=O)c2c1C)CCCCC3)C(C)C. The second-order valence-electron chi connectivity index (χ2n) is 7.13. The summed E-state index contributed by atoms with van der Waals surface area (Å²) in [7, 11) is 1.30. The van der Waals surface area contributed by atoms with Crippen LogP contribution in [-0.2, 0) is 22.5 Å². The van der Waals surface area contributed by atoms with Gasteiger partial charge in [-0.05, 0) is 39.2 Å². The summed E-state index contributed by atoms with van der Waals surface area (Å²) in [6, 6.07) is -0.174. The summed E-state index contributed by atoms with van der Waals surface area (Å²) in [6.07, 6.45) is 3.87. The van der Waals surface area contributed by atoms with E-state index in [1.54, 1.807) is 11.5 Å². The third-order valence-corrected chi connectivity index (χ3v) is 6.19. The number of aromatic nitrogens is 2. The number of aryl methyl sites for hydroxylation is 2. The molecule has 8 heteroatoms. The van der Waals surface area contributed by atoms with E-state index in [9.17, 15) is 14.4 Å². The van der Waals surface area contributed by atoms with Crippen LogP contribution in [0.2, 0.25) is 0 Å². The Morgan fingerprint density at radius 2 is 2.04 bits per heavy atom. The van der Waals surface area contributed by atoms with Crippen molar-refractivity contribution in [3.8, 4) is 0 Å². The number of rotatable bonds is 4. The van der Waals surface area contributed by atoms with Crippen molar-refractivity contribution in [3.63, 3.8) is 0 Å². The first-order valence-electron chi connectivity index (χ1n) is 9.25. The van der Waals surface area contributed by atoms with Crippen LogP contribution >= 0.6 is 11.3 Å². The van der Waals surface area contributed by atoms with Gasteiger partial charge in [-0.3, -0.25) is 19.0 Å². The Morgan fingerprint density at radius 1 is 1.30 bits per heavy atom. The van der Waals surface area contributed by atoms with Crippen molar-refractivity contribution < 1.29 is 14.3 Å². The zero-order valence-electron chi connectivity index (χ0n) is 16.2. The Hall–Kier alpha value is -2.22. The first kappa shape index (κ1) is 19.5. The molecule has 0 saturated carbocycles. The van der Waals surface area contributed by atoms with Gasteiger partial charge in [0, 0.05) is 19.0 Å². The van der Waals surface area contributed by atoms with Crippen LogP contribution < -0.4 is 5.56 Å². The third-order valence-electron chi connectivity index (χ3n) is 5.02. The second kappa shape index (κ2) is 7.80. The molecule has 0 radical (unpaired) electrons. The number of nitrogens with zero attached hydrogens (tertiary/aromatic N) is 3. The van der Waals surface area contributed by atoms with Gasteiger partial charge in [-0.15, -0.1) is 11.3 Å². The molecule has 27 heavy (non-hydrogen) atoms. The van der Waals surface area contributed by atoms with Crippen LogP contribution in [0.1, 0.15) is 54.2 Å². The first-order chi connectivity index (χ1) is 12.8. The van der Waals surface area contributed by atoms with Gasteiger partial charge in [-0.2, -0.15) is 0 Å². The van der Waals surface area contributed by atoms with E-state index in [4.69, 9.17) is 9.72 Å². The molecule has 0 aromatic carbocycles. The number of thiophene rings is 1. The normalized spacial score (nSPS) is 14.1. The summed E-state index contributed by atoms with van der Waals surface area (Å²) >= 11 is 1.24. The Bertz CT molecular complexity index is 945. The van der Waals surface area contributed by atoms with Gasteiger partial charge in [0.2, 0.25) is 0 Å². The van der Waals surface area contributed by atoms with Crippen molar-refractivity contribution in [2.45, 2.75) is 59.0 Å². The minimum atomic E-state index is -0.472. The molecule has 0 unspecified atom stereocenters. The molecule has 1 amide bonds. The standard InChI is InChI=1S/C19H25N3O4S/c1-11(2)22(10-14(23)26-4)19(25)16-12(3)15-17(27-16)20-13-8-6-5-7-9-21(13)18(15)24/h11H,5-10H2,1-4H3. The van der Waals surface area contributed by atoms with Gasteiger partial charge in [0.05, 0.1) is 17.4 Å². The van der Waals surface area contributed by atoms with Crippen LogP contribution in [0.3, 0.4) is 0 Å². The summed E-state index contributed by atoms with van der Waals surface area (Å²) in [5, 5.41) is 0.524. The van der Waals surface area contributed by atoms with Crippen molar-refractivity contribution in [2.24, 2.45) is 0 Å².